The Kier molecular flexibility index (Phi) is 11.5. The molecule has 1 saturated heterocycles. The molecular formula is C32H43N5O6. The van der Waals surface area contributed by atoms with Gasteiger partial charge in [-0.15, -0.1) is 0 Å². The number of hydrogen-bond donors (Lipinski definition) is 3. The number of likely N-dealkylation sites (N-methyl/N-ethyl adjacent to an activating group) is 1. The highest BCUT2D eigenvalue weighted by molar-refractivity contribution is 5.99. The molecule has 0 aromatic heterocycles. The van der Waals surface area contributed by atoms with Gasteiger partial charge in [-0.1, -0.05) is 50.2 Å². The molecule has 2 aliphatic heterocycles. The second-order valence-corrected chi connectivity index (χ2v) is 11.4. The molecule has 232 valence electrons. The van der Waals surface area contributed by atoms with Crippen LogP contribution in [0.3, 0.4) is 0 Å². The molecule has 11 nitrogen and oxygen atoms in total. The molecule has 2 aromatic rings. The molecule has 4 rings (SSSR count). The van der Waals surface area contributed by atoms with Crippen LogP contribution in [0, 0.1) is 5.92 Å². The molecule has 11 heteroatoms. The lowest BCUT2D eigenvalue weighted by atomic mass is 10.0. The third-order valence-corrected chi connectivity index (χ3v) is 7.72. The van der Waals surface area contributed by atoms with E-state index in [1.807, 2.05) is 38.1 Å². The van der Waals surface area contributed by atoms with E-state index in [1.54, 1.807) is 31.3 Å². The van der Waals surface area contributed by atoms with Gasteiger partial charge in [0.05, 0.1) is 25.3 Å². The second kappa shape index (κ2) is 15.5. The molecular weight excluding hydrogens is 550 g/mol. The van der Waals surface area contributed by atoms with Gasteiger partial charge in [0, 0.05) is 39.6 Å². The van der Waals surface area contributed by atoms with Gasteiger partial charge in [-0.2, -0.15) is 0 Å². The van der Waals surface area contributed by atoms with Crippen molar-refractivity contribution in [3.63, 3.8) is 0 Å². The van der Waals surface area contributed by atoms with Crippen LogP contribution in [-0.2, 0) is 32.2 Å². The Morgan fingerprint density at radius 2 is 1.65 bits per heavy atom. The van der Waals surface area contributed by atoms with Crippen molar-refractivity contribution in [2.24, 2.45) is 5.92 Å². The number of nitrogens with zero attached hydrogens (tertiary/aromatic N) is 2. The SMILES string of the molecule is CC(C)[C@@H]1NC(=O)CC[C@@H](C(=O)NCc2ccc(CN3CCOCC3)cc2)NC(=O)c2ccccc2OCCN(C)C1=O. The number of amides is 4. The summed E-state index contributed by atoms with van der Waals surface area (Å²) in [5.41, 5.74) is 2.37. The molecule has 0 radical (unpaired) electrons. The first-order valence-corrected chi connectivity index (χ1v) is 14.9. The maximum absolute atomic E-state index is 13.4. The molecule has 0 unspecified atom stereocenters. The number of ether oxygens (including phenoxy) is 2. The molecule has 43 heavy (non-hydrogen) atoms. The van der Waals surface area contributed by atoms with E-state index in [0.29, 0.717) is 5.75 Å². The Morgan fingerprint density at radius 3 is 2.37 bits per heavy atom. The van der Waals surface area contributed by atoms with Gasteiger partial charge in [-0.05, 0) is 35.6 Å². The highest BCUT2D eigenvalue weighted by atomic mass is 16.5. The van der Waals surface area contributed by atoms with Gasteiger partial charge in [-0.3, -0.25) is 24.1 Å². The smallest absolute Gasteiger partial charge is 0.255 e. The van der Waals surface area contributed by atoms with Crippen molar-refractivity contribution >= 4 is 23.6 Å². The largest absolute Gasteiger partial charge is 0.491 e. The van der Waals surface area contributed by atoms with Crippen molar-refractivity contribution in [1.82, 2.24) is 25.8 Å². The fourth-order valence-corrected chi connectivity index (χ4v) is 5.05. The predicted octanol–water partition coefficient (Wildman–Crippen LogP) is 1.71. The lowest BCUT2D eigenvalue weighted by Gasteiger charge is -2.27. The van der Waals surface area contributed by atoms with Crippen molar-refractivity contribution in [2.45, 2.75) is 51.9 Å². The molecule has 0 saturated carbocycles. The highest BCUT2D eigenvalue weighted by Gasteiger charge is 2.29. The first kappa shape index (κ1) is 32.0. The van der Waals surface area contributed by atoms with Crippen LogP contribution in [0.5, 0.6) is 5.75 Å². The number of para-hydroxylation sites is 1. The number of hydrogen-bond acceptors (Lipinski definition) is 7. The molecule has 4 amide bonds. The van der Waals surface area contributed by atoms with E-state index >= 15 is 0 Å². The van der Waals surface area contributed by atoms with E-state index < -0.39 is 23.9 Å². The number of morpholine rings is 1. The van der Waals surface area contributed by atoms with Gasteiger partial charge in [-0.25, -0.2) is 0 Å². The van der Waals surface area contributed by atoms with Gasteiger partial charge < -0.3 is 30.3 Å². The summed E-state index contributed by atoms with van der Waals surface area (Å²) in [6.07, 6.45) is 0.00667. The number of rotatable bonds is 6. The molecule has 1 fully saturated rings. The fraction of sp³-hybridized carbons (Fsp3) is 0.500. The number of fused-ring (bicyclic) bond motifs is 1. The van der Waals surface area contributed by atoms with Crippen LogP contribution in [-0.4, -0.2) is 92.0 Å². The van der Waals surface area contributed by atoms with E-state index in [4.69, 9.17) is 9.47 Å². The van der Waals surface area contributed by atoms with E-state index in [0.717, 1.165) is 38.4 Å². The van der Waals surface area contributed by atoms with Crippen molar-refractivity contribution in [3.05, 3.63) is 65.2 Å². The van der Waals surface area contributed by atoms with Crippen LogP contribution < -0.4 is 20.7 Å². The molecule has 0 bridgehead atoms. The summed E-state index contributed by atoms with van der Waals surface area (Å²) in [6.45, 7) is 8.57. The predicted molar refractivity (Wildman–Crippen MR) is 161 cm³/mol. The first-order chi connectivity index (χ1) is 20.7. The third-order valence-electron chi connectivity index (χ3n) is 7.72. The first-order valence-electron chi connectivity index (χ1n) is 14.9. The zero-order valence-electron chi connectivity index (χ0n) is 25.3. The van der Waals surface area contributed by atoms with E-state index in [1.165, 1.54) is 10.5 Å². The van der Waals surface area contributed by atoms with Crippen molar-refractivity contribution < 1.29 is 28.7 Å². The Morgan fingerprint density at radius 1 is 0.953 bits per heavy atom. The lowest BCUT2D eigenvalue weighted by molar-refractivity contribution is -0.137. The molecule has 2 aliphatic rings. The molecule has 2 heterocycles. The van der Waals surface area contributed by atoms with E-state index in [9.17, 15) is 19.2 Å². The highest BCUT2D eigenvalue weighted by Crippen LogP contribution is 2.19. The fourth-order valence-electron chi connectivity index (χ4n) is 5.05. The van der Waals surface area contributed by atoms with Crippen LogP contribution in [0.1, 0.15) is 48.2 Å². The van der Waals surface area contributed by atoms with Crippen LogP contribution in [0.15, 0.2) is 48.5 Å². The Labute approximate surface area is 253 Å². The molecule has 2 atom stereocenters. The Bertz CT molecular complexity index is 1260. The molecule has 3 N–H and O–H groups in total. The minimum absolute atomic E-state index is 0.0486. The summed E-state index contributed by atoms with van der Waals surface area (Å²) in [5, 5.41) is 8.53. The van der Waals surface area contributed by atoms with Gasteiger partial charge in [0.25, 0.3) is 5.91 Å². The third kappa shape index (κ3) is 9.26. The summed E-state index contributed by atoms with van der Waals surface area (Å²) in [7, 11) is 1.65. The number of nitrogens with one attached hydrogen (secondary N) is 3. The van der Waals surface area contributed by atoms with Crippen LogP contribution >= 0.6 is 0 Å². The van der Waals surface area contributed by atoms with Crippen LogP contribution in [0.4, 0.5) is 0 Å². The average molecular weight is 594 g/mol. The quantitative estimate of drug-likeness (QED) is 0.465. The van der Waals surface area contributed by atoms with E-state index in [2.05, 4.69) is 20.9 Å². The molecule has 2 aromatic carbocycles. The number of carbonyl (C=O) groups excluding carboxylic acids is 4. The number of benzene rings is 2. The monoisotopic (exact) mass is 593 g/mol. The summed E-state index contributed by atoms with van der Waals surface area (Å²) in [6, 6.07) is 13.1. The summed E-state index contributed by atoms with van der Waals surface area (Å²) in [4.78, 5) is 56.6. The van der Waals surface area contributed by atoms with Crippen LogP contribution in [0.25, 0.3) is 0 Å². The summed E-state index contributed by atoms with van der Waals surface area (Å²) >= 11 is 0. The minimum Gasteiger partial charge on any atom is -0.491 e. The van der Waals surface area contributed by atoms with Crippen molar-refractivity contribution in [3.8, 4) is 5.75 Å². The topological polar surface area (TPSA) is 129 Å². The average Bonchev–Trinajstić information content (AvgIpc) is 3.01. The zero-order valence-corrected chi connectivity index (χ0v) is 25.3. The maximum Gasteiger partial charge on any atom is 0.255 e. The standard InChI is InChI=1S/C32H43N5O6/c1-22(2)29-32(41)36(3)14-19-43-27-7-5-4-6-25(27)30(39)34-26(12-13-28(38)35-29)31(40)33-20-23-8-10-24(11-9-23)21-37-15-17-42-18-16-37/h4-11,22,26,29H,12-21H2,1-3H3,(H,33,40)(H,34,39)(H,35,38)/t26-,29-/m0/s1. The Balaban J connectivity index is 1.45. The minimum atomic E-state index is -0.979. The van der Waals surface area contributed by atoms with Gasteiger partial charge in [0.2, 0.25) is 17.7 Å². The number of carbonyl (C=O) groups is 4. The van der Waals surface area contributed by atoms with Crippen LogP contribution in [0.2, 0.25) is 0 Å². The van der Waals surface area contributed by atoms with Crippen molar-refractivity contribution in [2.75, 3.05) is 46.5 Å². The maximum atomic E-state index is 13.4. The van der Waals surface area contributed by atoms with E-state index in [-0.39, 0.29) is 55.8 Å². The van der Waals surface area contributed by atoms with Gasteiger partial charge in [0.15, 0.2) is 0 Å². The summed E-state index contributed by atoms with van der Waals surface area (Å²) < 4.78 is 11.3. The molecule has 0 spiro atoms. The zero-order chi connectivity index (χ0) is 30.8. The van der Waals surface area contributed by atoms with Crippen molar-refractivity contribution in [1.29, 1.82) is 0 Å². The summed E-state index contributed by atoms with van der Waals surface area (Å²) in [5.74, 6) is -1.28. The lowest BCUT2D eigenvalue weighted by Crippen LogP contribution is -2.51. The normalized spacial score (nSPS) is 21.1. The van der Waals surface area contributed by atoms with Gasteiger partial charge >= 0.3 is 0 Å². The second-order valence-electron chi connectivity index (χ2n) is 11.4. The Hall–Kier alpha value is -3.96. The van der Waals surface area contributed by atoms with Gasteiger partial charge in [0.1, 0.15) is 24.4 Å². The molecule has 0 aliphatic carbocycles.